The first-order chi connectivity index (χ1) is 9.32. The maximum atomic E-state index is 11.6. The highest BCUT2D eigenvalue weighted by molar-refractivity contribution is 6.37. The van der Waals surface area contributed by atoms with E-state index >= 15 is 0 Å². The second-order valence-electron chi connectivity index (χ2n) is 3.72. The predicted octanol–water partition coefficient (Wildman–Crippen LogP) is 0.462. The lowest BCUT2D eigenvalue weighted by atomic mass is 10.2. The Hall–Kier alpha value is -2.05. The zero-order valence-electron chi connectivity index (χ0n) is 10.1. The summed E-state index contributed by atoms with van der Waals surface area (Å²) in [6.07, 6.45) is 2.41. The molecule has 0 bridgehead atoms. The van der Waals surface area contributed by atoms with E-state index in [9.17, 15) is 14.4 Å². The number of carbonyl (C=O) groups excluding carboxylic acids is 3. The van der Waals surface area contributed by atoms with Crippen molar-refractivity contribution < 1.29 is 14.4 Å². The molecule has 0 fully saturated rings. The average molecular weight is 316 g/mol. The molecule has 8 heteroatoms. The second-order valence-corrected chi connectivity index (χ2v) is 4.53. The highest BCUT2D eigenvalue weighted by Gasteiger charge is 2.22. The Morgan fingerprint density at radius 3 is 2.05 bits per heavy atom. The lowest BCUT2D eigenvalue weighted by Crippen LogP contribution is -2.52. The van der Waals surface area contributed by atoms with Gasteiger partial charge in [0.15, 0.2) is 6.04 Å². The second kappa shape index (κ2) is 6.93. The number of amides is 3. The Bertz CT molecular complexity index is 553. The van der Waals surface area contributed by atoms with Crippen LogP contribution in [0.5, 0.6) is 0 Å². The molecule has 0 saturated carbocycles. The minimum Gasteiger partial charge on any atom is -0.367 e. The molecule has 0 radical (unpaired) electrons. The summed E-state index contributed by atoms with van der Waals surface area (Å²) in [4.78, 5) is 33.4. The maximum Gasteiger partial charge on any atom is 0.249 e. The van der Waals surface area contributed by atoms with E-state index in [-0.39, 0.29) is 0 Å². The third kappa shape index (κ3) is 4.25. The van der Waals surface area contributed by atoms with Crippen molar-refractivity contribution in [3.05, 3.63) is 39.9 Å². The summed E-state index contributed by atoms with van der Waals surface area (Å²) in [5.41, 5.74) is 10.3. The van der Waals surface area contributed by atoms with Crippen LogP contribution < -0.4 is 16.8 Å². The number of halogens is 2. The van der Waals surface area contributed by atoms with Crippen LogP contribution in [0.1, 0.15) is 5.56 Å². The summed E-state index contributed by atoms with van der Waals surface area (Å²) < 4.78 is 0. The fourth-order valence-electron chi connectivity index (χ4n) is 1.30. The Morgan fingerprint density at radius 2 is 1.60 bits per heavy atom. The number of rotatable bonds is 5. The fourth-order valence-corrected chi connectivity index (χ4v) is 1.83. The van der Waals surface area contributed by atoms with Gasteiger partial charge < -0.3 is 16.8 Å². The zero-order valence-corrected chi connectivity index (χ0v) is 11.6. The summed E-state index contributed by atoms with van der Waals surface area (Å²) in [5.74, 6) is -2.83. The fraction of sp³-hybridized carbons (Fsp3) is 0.0833. The third-order valence-corrected chi connectivity index (χ3v) is 2.92. The Kier molecular flexibility index (Phi) is 5.54. The molecule has 0 aliphatic rings. The van der Waals surface area contributed by atoms with E-state index in [0.717, 1.165) is 6.08 Å². The van der Waals surface area contributed by atoms with Crippen LogP contribution in [-0.4, -0.2) is 23.8 Å². The quantitative estimate of drug-likeness (QED) is 0.541. The van der Waals surface area contributed by atoms with Crippen molar-refractivity contribution >= 4 is 47.0 Å². The molecule has 0 unspecified atom stereocenters. The maximum absolute atomic E-state index is 11.6. The number of carbonyl (C=O) groups is 3. The first-order valence-corrected chi connectivity index (χ1v) is 6.09. The molecular formula is C12H11Cl2N3O3. The molecule has 1 aromatic rings. The molecule has 0 atom stereocenters. The van der Waals surface area contributed by atoms with Crippen molar-refractivity contribution in [2.24, 2.45) is 11.5 Å². The van der Waals surface area contributed by atoms with Crippen molar-refractivity contribution in [1.82, 2.24) is 5.32 Å². The average Bonchev–Trinajstić information content (AvgIpc) is 2.34. The summed E-state index contributed by atoms with van der Waals surface area (Å²) in [6, 6.07) is 3.27. The molecule has 0 heterocycles. The molecule has 3 amide bonds. The van der Waals surface area contributed by atoms with E-state index < -0.39 is 23.8 Å². The van der Waals surface area contributed by atoms with E-state index in [1.807, 2.05) is 0 Å². The Balaban J connectivity index is 2.83. The molecule has 0 aliphatic carbocycles. The van der Waals surface area contributed by atoms with Gasteiger partial charge in [-0.3, -0.25) is 14.4 Å². The first-order valence-electron chi connectivity index (χ1n) is 5.34. The predicted molar refractivity (Wildman–Crippen MR) is 75.8 cm³/mol. The van der Waals surface area contributed by atoms with E-state index in [2.05, 4.69) is 5.32 Å². The largest absolute Gasteiger partial charge is 0.367 e. The van der Waals surface area contributed by atoms with Crippen LogP contribution >= 0.6 is 23.2 Å². The number of benzene rings is 1. The van der Waals surface area contributed by atoms with Crippen molar-refractivity contribution in [2.75, 3.05) is 0 Å². The van der Waals surface area contributed by atoms with Crippen LogP contribution in [0.3, 0.4) is 0 Å². The van der Waals surface area contributed by atoms with Crippen LogP contribution in [0, 0.1) is 0 Å². The molecule has 106 valence electrons. The standard InChI is InChI=1S/C12H11Cl2N3O3/c13-7-2-1-3-8(14)6(7)4-5-9(18)17-10(11(15)19)12(16)20/h1-5,10H,(H2,15,19)(H2,16,20)(H,17,18)/b5-4+. The normalized spacial score (nSPS) is 10.8. The van der Waals surface area contributed by atoms with Crippen LogP contribution in [0.15, 0.2) is 24.3 Å². The Morgan fingerprint density at radius 1 is 1.10 bits per heavy atom. The zero-order chi connectivity index (χ0) is 15.3. The van der Waals surface area contributed by atoms with Gasteiger partial charge in [-0.15, -0.1) is 0 Å². The third-order valence-electron chi connectivity index (χ3n) is 2.26. The number of nitrogens with two attached hydrogens (primary N) is 2. The number of hydrogen-bond donors (Lipinski definition) is 3. The van der Waals surface area contributed by atoms with Gasteiger partial charge in [0.05, 0.1) is 0 Å². The SMILES string of the molecule is NC(=O)C(NC(=O)/C=C/c1c(Cl)cccc1Cl)C(N)=O. The van der Waals surface area contributed by atoms with Crippen molar-refractivity contribution in [2.45, 2.75) is 6.04 Å². The van der Waals surface area contributed by atoms with Crippen LogP contribution in [0.2, 0.25) is 10.0 Å². The number of nitrogens with one attached hydrogen (secondary N) is 1. The lowest BCUT2D eigenvalue weighted by Gasteiger charge is -2.09. The smallest absolute Gasteiger partial charge is 0.249 e. The minimum atomic E-state index is -1.58. The van der Waals surface area contributed by atoms with Crippen molar-refractivity contribution in [3.63, 3.8) is 0 Å². The molecule has 0 saturated heterocycles. The number of hydrogen-bond acceptors (Lipinski definition) is 3. The van der Waals surface area contributed by atoms with Gasteiger partial charge >= 0.3 is 0 Å². The van der Waals surface area contributed by atoms with Gasteiger partial charge in [-0.2, -0.15) is 0 Å². The molecule has 6 nitrogen and oxygen atoms in total. The van der Waals surface area contributed by atoms with E-state index in [1.54, 1.807) is 18.2 Å². The van der Waals surface area contributed by atoms with Gasteiger partial charge in [0.1, 0.15) is 0 Å². The molecule has 0 aromatic heterocycles. The van der Waals surface area contributed by atoms with Gasteiger partial charge in [-0.25, -0.2) is 0 Å². The first kappa shape index (κ1) is 16.0. The topological polar surface area (TPSA) is 115 Å². The Labute approximate surface area is 124 Å². The highest BCUT2D eigenvalue weighted by Crippen LogP contribution is 2.25. The monoisotopic (exact) mass is 315 g/mol. The summed E-state index contributed by atoms with van der Waals surface area (Å²) in [5, 5.41) is 2.76. The molecule has 5 N–H and O–H groups in total. The molecular weight excluding hydrogens is 305 g/mol. The lowest BCUT2D eigenvalue weighted by molar-refractivity contribution is -0.132. The molecule has 20 heavy (non-hydrogen) atoms. The summed E-state index contributed by atoms with van der Waals surface area (Å²) >= 11 is 11.8. The van der Waals surface area contributed by atoms with Gasteiger partial charge in [-0.1, -0.05) is 29.3 Å². The van der Waals surface area contributed by atoms with E-state index in [0.29, 0.717) is 15.6 Å². The van der Waals surface area contributed by atoms with Crippen molar-refractivity contribution in [3.8, 4) is 0 Å². The van der Waals surface area contributed by atoms with Crippen LogP contribution in [0.25, 0.3) is 6.08 Å². The summed E-state index contributed by atoms with van der Waals surface area (Å²) in [7, 11) is 0. The minimum absolute atomic E-state index is 0.350. The van der Waals surface area contributed by atoms with Crippen LogP contribution in [-0.2, 0) is 14.4 Å². The van der Waals surface area contributed by atoms with Gasteiger partial charge in [0.2, 0.25) is 17.7 Å². The molecule has 0 aliphatic heterocycles. The number of primary amides is 2. The van der Waals surface area contributed by atoms with Crippen molar-refractivity contribution in [1.29, 1.82) is 0 Å². The van der Waals surface area contributed by atoms with E-state index in [4.69, 9.17) is 34.7 Å². The molecule has 1 aromatic carbocycles. The van der Waals surface area contributed by atoms with Gasteiger partial charge in [0, 0.05) is 21.7 Å². The molecule has 1 rings (SSSR count). The van der Waals surface area contributed by atoms with Crippen LogP contribution in [0.4, 0.5) is 0 Å². The van der Waals surface area contributed by atoms with Gasteiger partial charge in [0.25, 0.3) is 0 Å². The van der Waals surface area contributed by atoms with E-state index in [1.165, 1.54) is 6.08 Å². The molecule has 0 spiro atoms. The summed E-state index contributed by atoms with van der Waals surface area (Å²) in [6.45, 7) is 0. The van der Waals surface area contributed by atoms with Gasteiger partial charge in [-0.05, 0) is 18.2 Å². The highest BCUT2D eigenvalue weighted by atomic mass is 35.5.